The molecule has 0 aliphatic carbocycles. The highest BCUT2D eigenvalue weighted by Gasteiger charge is 2.04. The summed E-state index contributed by atoms with van der Waals surface area (Å²) in [5, 5.41) is 3.47. The van der Waals surface area contributed by atoms with Crippen LogP contribution in [0, 0.1) is 6.92 Å². The second kappa shape index (κ2) is 9.05. The maximum atomic E-state index is 5.59. The summed E-state index contributed by atoms with van der Waals surface area (Å²) in [5.74, 6) is 0. The van der Waals surface area contributed by atoms with E-state index in [0.29, 0.717) is 0 Å². The van der Waals surface area contributed by atoms with E-state index in [-0.39, 0.29) is 0 Å². The third-order valence-electron chi connectivity index (χ3n) is 3.10. The molecule has 102 valence electrons. The predicted octanol–water partition coefficient (Wildman–Crippen LogP) is -1.11. The Bertz CT molecular complexity index is 304. The SMILES string of the molecule is Cc1ccc(CNCC[NH+](CCN)CCN)cc1. The zero-order chi connectivity index (χ0) is 13.2. The van der Waals surface area contributed by atoms with Gasteiger partial charge in [-0.25, -0.2) is 0 Å². The van der Waals surface area contributed by atoms with Crippen molar-refractivity contribution >= 4 is 0 Å². The molecule has 1 rings (SSSR count). The van der Waals surface area contributed by atoms with Crippen molar-refractivity contribution < 1.29 is 4.90 Å². The van der Waals surface area contributed by atoms with E-state index in [1.165, 1.54) is 16.0 Å². The van der Waals surface area contributed by atoms with Crippen molar-refractivity contribution in [1.29, 1.82) is 0 Å². The number of benzene rings is 1. The first-order valence-corrected chi connectivity index (χ1v) is 6.76. The first-order valence-electron chi connectivity index (χ1n) is 6.76. The second-order valence-electron chi connectivity index (χ2n) is 4.74. The molecule has 1 aromatic rings. The second-order valence-corrected chi connectivity index (χ2v) is 4.74. The lowest BCUT2D eigenvalue weighted by Gasteiger charge is -2.18. The van der Waals surface area contributed by atoms with Gasteiger partial charge in [-0.3, -0.25) is 0 Å². The molecule has 1 aromatic carbocycles. The van der Waals surface area contributed by atoms with E-state index in [1.54, 1.807) is 0 Å². The van der Waals surface area contributed by atoms with Crippen molar-refractivity contribution in [1.82, 2.24) is 5.32 Å². The highest BCUT2D eigenvalue weighted by Crippen LogP contribution is 2.01. The van der Waals surface area contributed by atoms with Gasteiger partial charge in [-0.2, -0.15) is 0 Å². The van der Waals surface area contributed by atoms with E-state index in [9.17, 15) is 0 Å². The van der Waals surface area contributed by atoms with Crippen molar-refractivity contribution in [3.05, 3.63) is 35.4 Å². The fraction of sp³-hybridized carbons (Fsp3) is 0.571. The topological polar surface area (TPSA) is 68.5 Å². The standard InChI is InChI=1S/C14H26N4/c1-13-2-4-14(5-3-13)12-17-8-11-18(9-6-15)10-7-16/h2-5,17H,6-12,15-16H2,1H3/p+1. The number of hydrogen-bond donors (Lipinski definition) is 4. The van der Waals surface area contributed by atoms with E-state index in [0.717, 1.165) is 45.8 Å². The highest BCUT2D eigenvalue weighted by atomic mass is 15.1. The number of aryl methyl sites for hydroxylation is 1. The van der Waals surface area contributed by atoms with Crippen LogP contribution in [-0.4, -0.2) is 39.3 Å². The van der Waals surface area contributed by atoms with Gasteiger partial charge in [0.1, 0.15) is 0 Å². The molecular weight excluding hydrogens is 224 g/mol. The maximum Gasteiger partial charge on any atom is 0.0898 e. The Kier molecular flexibility index (Phi) is 7.60. The molecule has 0 heterocycles. The largest absolute Gasteiger partial charge is 0.332 e. The number of quaternary nitrogens is 1. The molecule has 0 spiro atoms. The Morgan fingerprint density at radius 1 is 1.00 bits per heavy atom. The normalized spacial score (nSPS) is 11.1. The average Bonchev–Trinajstić information content (AvgIpc) is 2.37. The van der Waals surface area contributed by atoms with Crippen LogP contribution in [0.1, 0.15) is 11.1 Å². The molecule has 0 saturated heterocycles. The third-order valence-corrected chi connectivity index (χ3v) is 3.10. The molecule has 0 amide bonds. The van der Waals surface area contributed by atoms with Crippen molar-refractivity contribution in [3.8, 4) is 0 Å². The van der Waals surface area contributed by atoms with Gasteiger partial charge in [0.25, 0.3) is 0 Å². The molecule has 4 heteroatoms. The fourth-order valence-electron chi connectivity index (χ4n) is 1.99. The summed E-state index contributed by atoms with van der Waals surface area (Å²) in [6.45, 7) is 8.59. The van der Waals surface area contributed by atoms with Crippen LogP contribution in [0.4, 0.5) is 0 Å². The average molecular weight is 251 g/mol. The third kappa shape index (κ3) is 6.12. The summed E-state index contributed by atoms with van der Waals surface area (Å²) in [6.07, 6.45) is 0. The molecule has 4 nitrogen and oxygen atoms in total. The lowest BCUT2D eigenvalue weighted by Crippen LogP contribution is -3.14. The molecule has 0 atom stereocenters. The molecule has 0 aliphatic rings. The Labute approximate surface area is 110 Å². The van der Waals surface area contributed by atoms with E-state index in [4.69, 9.17) is 11.5 Å². The lowest BCUT2D eigenvalue weighted by atomic mass is 10.1. The molecule has 0 unspecified atom stereocenters. The number of nitrogens with one attached hydrogen (secondary N) is 2. The van der Waals surface area contributed by atoms with Gasteiger partial charge < -0.3 is 21.7 Å². The van der Waals surface area contributed by atoms with Crippen LogP contribution in [0.3, 0.4) is 0 Å². The summed E-state index contributed by atoms with van der Waals surface area (Å²) in [5.41, 5.74) is 13.8. The molecular formula is C14H27N4+. The Morgan fingerprint density at radius 2 is 1.61 bits per heavy atom. The monoisotopic (exact) mass is 251 g/mol. The quantitative estimate of drug-likeness (QED) is 0.421. The van der Waals surface area contributed by atoms with Crippen LogP contribution in [0.15, 0.2) is 24.3 Å². The summed E-state index contributed by atoms with van der Waals surface area (Å²) < 4.78 is 0. The van der Waals surface area contributed by atoms with Crippen LogP contribution < -0.4 is 21.7 Å². The fourth-order valence-corrected chi connectivity index (χ4v) is 1.99. The molecule has 0 aromatic heterocycles. The van der Waals surface area contributed by atoms with Gasteiger partial charge in [-0.05, 0) is 12.5 Å². The van der Waals surface area contributed by atoms with E-state index in [2.05, 4.69) is 36.5 Å². The lowest BCUT2D eigenvalue weighted by molar-refractivity contribution is -0.896. The molecule has 0 aliphatic heterocycles. The molecule has 0 fully saturated rings. The minimum Gasteiger partial charge on any atom is -0.332 e. The molecule has 0 radical (unpaired) electrons. The van der Waals surface area contributed by atoms with E-state index >= 15 is 0 Å². The van der Waals surface area contributed by atoms with Gasteiger partial charge in [0.05, 0.1) is 19.6 Å². The van der Waals surface area contributed by atoms with Crippen molar-refractivity contribution in [2.75, 3.05) is 39.3 Å². The van der Waals surface area contributed by atoms with Crippen molar-refractivity contribution in [3.63, 3.8) is 0 Å². The van der Waals surface area contributed by atoms with Crippen LogP contribution in [0.5, 0.6) is 0 Å². The number of nitrogens with two attached hydrogens (primary N) is 2. The summed E-state index contributed by atoms with van der Waals surface area (Å²) >= 11 is 0. The van der Waals surface area contributed by atoms with Crippen LogP contribution in [-0.2, 0) is 6.54 Å². The predicted molar refractivity (Wildman–Crippen MR) is 76.6 cm³/mol. The maximum absolute atomic E-state index is 5.59. The minimum atomic E-state index is 0.729. The zero-order valence-corrected chi connectivity index (χ0v) is 11.4. The van der Waals surface area contributed by atoms with Gasteiger partial charge in [0.15, 0.2) is 0 Å². The van der Waals surface area contributed by atoms with E-state index in [1.807, 2.05) is 0 Å². The number of rotatable bonds is 9. The first kappa shape index (κ1) is 15.1. The van der Waals surface area contributed by atoms with Gasteiger partial charge in [-0.15, -0.1) is 0 Å². The van der Waals surface area contributed by atoms with Crippen LogP contribution in [0.2, 0.25) is 0 Å². The number of hydrogen-bond acceptors (Lipinski definition) is 3. The molecule has 18 heavy (non-hydrogen) atoms. The zero-order valence-electron chi connectivity index (χ0n) is 11.4. The van der Waals surface area contributed by atoms with Crippen LogP contribution in [0.25, 0.3) is 0 Å². The van der Waals surface area contributed by atoms with Gasteiger partial charge >= 0.3 is 0 Å². The highest BCUT2D eigenvalue weighted by molar-refractivity contribution is 5.20. The van der Waals surface area contributed by atoms with Crippen molar-refractivity contribution in [2.24, 2.45) is 11.5 Å². The summed E-state index contributed by atoms with van der Waals surface area (Å²) in [6, 6.07) is 8.65. The van der Waals surface area contributed by atoms with Crippen molar-refractivity contribution in [2.45, 2.75) is 13.5 Å². The molecule has 0 bridgehead atoms. The molecule has 6 N–H and O–H groups in total. The molecule has 0 saturated carbocycles. The van der Waals surface area contributed by atoms with Gasteiger partial charge in [0, 0.05) is 26.2 Å². The van der Waals surface area contributed by atoms with Crippen LogP contribution >= 0.6 is 0 Å². The van der Waals surface area contributed by atoms with E-state index < -0.39 is 0 Å². The first-order chi connectivity index (χ1) is 8.76. The van der Waals surface area contributed by atoms with Gasteiger partial charge in [0.2, 0.25) is 0 Å². The minimum absolute atomic E-state index is 0.729. The Morgan fingerprint density at radius 3 is 2.17 bits per heavy atom. The van der Waals surface area contributed by atoms with Gasteiger partial charge in [-0.1, -0.05) is 29.8 Å². The Hall–Kier alpha value is -0.940. The smallest absolute Gasteiger partial charge is 0.0898 e. The Balaban J connectivity index is 2.18. The summed E-state index contributed by atoms with van der Waals surface area (Å²) in [4.78, 5) is 1.48. The summed E-state index contributed by atoms with van der Waals surface area (Å²) in [7, 11) is 0.